The van der Waals surface area contributed by atoms with Crippen molar-refractivity contribution < 1.29 is 9.66 Å². The molecular formula is C15H15NO3. The molecule has 0 aliphatic rings. The molecule has 0 spiro atoms. The monoisotopic (exact) mass is 257 g/mol. The zero-order chi connectivity index (χ0) is 13.5. The lowest BCUT2D eigenvalue weighted by Gasteiger charge is -2.04. The Morgan fingerprint density at radius 1 is 1.00 bits per heavy atom. The number of nitro groups is 1. The predicted octanol–water partition coefficient (Wildman–Crippen LogP) is 3.35. The molecule has 0 bridgehead atoms. The van der Waals surface area contributed by atoms with Crippen LogP contribution in [0, 0.1) is 10.1 Å². The molecule has 0 aliphatic heterocycles. The van der Waals surface area contributed by atoms with Crippen molar-refractivity contribution in [3.05, 3.63) is 75.8 Å². The van der Waals surface area contributed by atoms with Gasteiger partial charge in [-0.1, -0.05) is 42.5 Å². The number of hydrogen-bond acceptors (Lipinski definition) is 3. The van der Waals surface area contributed by atoms with Gasteiger partial charge in [0.25, 0.3) is 5.69 Å². The number of nitro benzene ring substituents is 1. The molecule has 0 fully saturated rings. The lowest BCUT2D eigenvalue weighted by atomic mass is 10.2. The first-order valence-corrected chi connectivity index (χ1v) is 6.11. The second kappa shape index (κ2) is 6.66. The Balaban J connectivity index is 1.80. The summed E-state index contributed by atoms with van der Waals surface area (Å²) in [7, 11) is 0. The molecule has 0 saturated carbocycles. The van der Waals surface area contributed by atoms with Crippen LogP contribution in [0.4, 0.5) is 5.69 Å². The fourth-order valence-corrected chi connectivity index (χ4v) is 1.78. The maximum absolute atomic E-state index is 10.6. The van der Waals surface area contributed by atoms with Crippen LogP contribution in [0.1, 0.15) is 11.1 Å². The van der Waals surface area contributed by atoms with Crippen LogP contribution in [0.3, 0.4) is 0 Å². The van der Waals surface area contributed by atoms with E-state index in [0.717, 1.165) is 12.0 Å². The van der Waals surface area contributed by atoms with Gasteiger partial charge in [-0.15, -0.1) is 0 Å². The maximum Gasteiger partial charge on any atom is 0.269 e. The molecule has 2 aromatic rings. The third kappa shape index (κ3) is 4.19. The summed E-state index contributed by atoms with van der Waals surface area (Å²) in [6, 6.07) is 16.6. The highest BCUT2D eigenvalue weighted by molar-refractivity contribution is 5.33. The molecule has 0 amide bonds. The van der Waals surface area contributed by atoms with Gasteiger partial charge >= 0.3 is 0 Å². The summed E-state index contributed by atoms with van der Waals surface area (Å²) in [5, 5.41) is 10.6. The van der Waals surface area contributed by atoms with Crippen LogP contribution < -0.4 is 0 Å². The minimum atomic E-state index is -0.395. The van der Waals surface area contributed by atoms with E-state index in [1.54, 1.807) is 12.1 Å². The highest BCUT2D eigenvalue weighted by atomic mass is 16.6. The van der Waals surface area contributed by atoms with E-state index in [9.17, 15) is 10.1 Å². The fraction of sp³-hybridized carbons (Fsp3) is 0.200. The number of nitrogens with zero attached hydrogens (tertiary/aromatic N) is 1. The number of non-ortho nitro benzene ring substituents is 1. The van der Waals surface area contributed by atoms with E-state index in [-0.39, 0.29) is 5.69 Å². The minimum Gasteiger partial charge on any atom is -0.376 e. The molecule has 0 aliphatic carbocycles. The summed E-state index contributed by atoms with van der Waals surface area (Å²) in [6.45, 7) is 1.00. The standard InChI is InChI=1S/C15H15NO3/c17-16(18)15-8-4-7-14(11-15)12-19-10-9-13-5-2-1-3-6-13/h1-8,11H,9-10,12H2. The van der Waals surface area contributed by atoms with Gasteiger partial charge in [0.1, 0.15) is 0 Å². The third-order valence-corrected chi connectivity index (χ3v) is 2.77. The van der Waals surface area contributed by atoms with E-state index >= 15 is 0 Å². The first-order valence-electron chi connectivity index (χ1n) is 6.11. The van der Waals surface area contributed by atoms with Crippen molar-refractivity contribution in [2.75, 3.05) is 6.61 Å². The quantitative estimate of drug-likeness (QED) is 0.453. The average molecular weight is 257 g/mol. The van der Waals surface area contributed by atoms with Gasteiger partial charge in [-0.3, -0.25) is 10.1 Å². The first-order chi connectivity index (χ1) is 9.25. The summed E-state index contributed by atoms with van der Waals surface area (Å²) in [4.78, 5) is 10.2. The Labute approximate surface area is 111 Å². The summed E-state index contributed by atoms with van der Waals surface area (Å²) >= 11 is 0. The van der Waals surface area contributed by atoms with Crippen molar-refractivity contribution in [2.45, 2.75) is 13.0 Å². The Morgan fingerprint density at radius 3 is 2.47 bits per heavy atom. The molecule has 0 radical (unpaired) electrons. The smallest absolute Gasteiger partial charge is 0.269 e. The summed E-state index contributed by atoms with van der Waals surface area (Å²) in [5.41, 5.74) is 2.15. The molecule has 0 atom stereocenters. The molecule has 19 heavy (non-hydrogen) atoms. The van der Waals surface area contributed by atoms with Crippen molar-refractivity contribution in [1.82, 2.24) is 0 Å². The van der Waals surface area contributed by atoms with Crippen molar-refractivity contribution in [3.63, 3.8) is 0 Å². The van der Waals surface area contributed by atoms with Crippen LogP contribution in [0.25, 0.3) is 0 Å². The second-order valence-corrected chi connectivity index (χ2v) is 4.22. The molecule has 98 valence electrons. The SMILES string of the molecule is O=[N+]([O-])c1cccc(COCCc2ccccc2)c1. The number of rotatable bonds is 6. The van der Waals surface area contributed by atoms with Gasteiger partial charge in [-0.05, 0) is 17.5 Å². The average Bonchev–Trinajstić information content (AvgIpc) is 2.45. The van der Waals surface area contributed by atoms with E-state index in [4.69, 9.17) is 4.74 Å². The van der Waals surface area contributed by atoms with Crippen LogP contribution in [-0.2, 0) is 17.8 Å². The minimum absolute atomic E-state index is 0.101. The van der Waals surface area contributed by atoms with Gasteiger partial charge in [-0.25, -0.2) is 0 Å². The Kier molecular flexibility index (Phi) is 4.64. The van der Waals surface area contributed by atoms with E-state index < -0.39 is 4.92 Å². The highest BCUT2D eigenvalue weighted by Crippen LogP contribution is 2.13. The highest BCUT2D eigenvalue weighted by Gasteiger charge is 2.05. The molecular weight excluding hydrogens is 242 g/mol. The summed E-state index contributed by atoms with van der Waals surface area (Å²) < 4.78 is 5.54. The van der Waals surface area contributed by atoms with Crippen LogP contribution in [0.15, 0.2) is 54.6 Å². The normalized spacial score (nSPS) is 10.3. The van der Waals surface area contributed by atoms with Gasteiger partial charge in [-0.2, -0.15) is 0 Å². The Hall–Kier alpha value is -2.20. The van der Waals surface area contributed by atoms with Crippen molar-refractivity contribution in [1.29, 1.82) is 0 Å². The maximum atomic E-state index is 10.6. The fourth-order valence-electron chi connectivity index (χ4n) is 1.78. The van der Waals surface area contributed by atoms with E-state index in [2.05, 4.69) is 12.1 Å². The van der Waals surface area contributed by atoms with Crippen molar-refractivity contribution >= 4 is 5.69 Å². The van der Waals surface area contributed by atoms with Crippen LogP contribution in [0.5, 0.6) is 0 Å². The lowest BCUT2D eigenvalue weighted by Crippen LogP contribution is -1.99. The zero-order valence-corrected chi connectivity index (χ0v) is 10.5. The molecule has 0 unspecified atom stereocenters. The van der Waals surface area contributed by atoms with E-state index in [1.807, 2.05) is 24.3 Å². The van der Waals surface area contributed by atoms with Gasteiger partial charge in [0.05, 0.1) is 18.1 Å². The van der Waals surface area contributed by atoms with Gasteiger partial charge in [0.15, 0.2) is 0 Å². The van der Waals surface area contributed by atoms with Gasteiger partial charge < -0.3 is 4.74 Å². The molecule has 4 nitrogen and oxygen atoms in total. The molecule has 0 N–H and O–H groups in total. The third-order valence-electron chi connectivity index (χ3n) is 2.77. The molecule has 0 saturated heterocycles. The largest absolute Gasteiger partial charge is 0.376 e. The van der Waals surface area contributed by atoms with Gasteiger partial charge in [0.2, 0.25) is 0 Å². The predicted molar refractivity (Wildman–Crippen MR) is 72.9 cm³/mol. The number of benzene rings is 2. The Morgan fingerprint density at radius 2 is 1.74 bits per heavy atom. The lowest BCUT2D eigenvalue weighted by molar-refractivity contribution is -0.384. The first kappa shape index (κ1) is 13.2. The van der Waals surface area contributed by atoms with E-state index in [0.29, 0.717) is 13.2 Å². The van der Waals surface area contributed by atoms with Crippen LogP contribution in [-0.4, -0.2) is 11.5 Å². The topological polar surface area (TPSA) is 52.4 Å². The van der Waals surface area contributed by atoms with Crippen molar-refractivity contribution in [2.24, 2.45) is 0 Å². The van der Waals surface area contributed by atoms with Gasteiger partial charge in [0, 0.05) is 12.1 Å². The molecule has 2 aromatic carbocycles. The second-order valence-electron chi connectivity index (χ2n) is 4.22. The molecule has 4 heteroatoms. The number of ether oxygens (including phenoxy) is 1. The zero-order valence-electron chi connectivity index (χ0n) is 10.5. The van der Waals surface area contributed by atoms with Crippen LogP contribution in [0.2, 0.25) is 0 Å². The summed E-state index contributed by atoms with van der Waals surface area (Å²) in [5.74, 6) is 0. The van der Waals surface area contributed by atoms with Crippen LogP contribution >= 0.6 is 0 Å². The Bertz CT molecular complexity index is 540. The summed E-state index contributed by atoms with van der Waals surface area (Å²) in [6.07, 6.45) is 0.843. The number of hydrogen-bond donors (Lipinski definition) is 0. The molecule has 2 rings (SSSR count). The molecule has 0 aromatic heterocycles. The van der Waals surface area contributed by atoms with E-state index in [1.165, 1.54) is 11.6 Å². The molecule has 0 heterocycles. The van der Waals surface area contributed by atoms with Crippen molar-refractivity contribution in [3.8, 4) is 0 Å².